The Balaban J connectivity index is 1.95. The van der Waals surface area contributed by atoms with E-state index in [-0.39, 0.29) is 22.4 Å². The number of nitrogens with zero attached hydrogens (tertiary/aromatic N) is 2. The number of H-pyrrole nitrogens is 1. The van der Waals surface area contributed by atoms with E-state index in [0.717, 1.165) is 30.9 Å². The molecule has 0 saturated carbocycles. The lowest BCUT2D eigenvalue weighted by atomic mass is 9.91. The van der Waals surface area contributed by atoms with Crippen LogP contribution in [0, 0.1) is 24.1 Å². The Morgan fingerprint density at radius 2 is 1.94 bits per heavy atom. The van der Waals surface area contributed by atoms with Gasteiger partial charge in [0.25, 0.3) is 0 Å². The van der Waals surface area contributed by atoms with Crippen LogP contribution < -0.4 is 4.74 Å². The summed E-state index contributed by atoms with van der Waals surface area (Å²) in [5.41, 5.74) is 5.99. The Hall–Kier alpha value is -3.79. The van der Waals surface area contributed by atoms with Crippen molar-refractivity contribution in [2.24, 2.45) is 0 Å². The molecular formula is C27H24F3N3O. The molecule has 1 N–H and O–H groups in total. The van der Waals surface area contributed by atoms with Crippen LogP contribution in [0.4, 0.5) is 13.2 Å². The molecule has 3 aromatic carbocycles. The molecule has 4 rings (SSSR count). The smallest absolute Gasteiger partial charge is 0.387 e. The second-order valence-corrected chi connectivity index (χ2v) is 8.15. The third kappa shape index (κ3) is 4.24. The van der Waals surface area contributed by atoms with Gasteiger partial charge in [-0.3, -0.25) is 5.10 Å². The van der Waals surface area contributed by atoms with Gasteiger partial charge in [-0.15, -0.1) is 0 Å². The minimum Gasteiger partial charge on any atom is -0.434 e. The molecule has 4 aromatic rings. The van der Waals surface area contributed by atoms with Gasteiger partial charge >= 0.3 is 6.61 Å². The first-order chi connectivity index (χ1) is 16.4. The Kier molecular flexibility index (Phi) is 6.60. The van der Waals surface area contributed by atoms with E-state index in [1.807, 2.05) is 6.07 Å². The molecule has 4 nitrogen and oxygen atoms in total. The minimum absolute atomic E-state index is 0.121. The molecule has 1 heterocycles. The Labute approximate surface area is 196 Å². The summed E-state index contributed by atoms with van der Waals surface area (Å²) in [4.78, 5) is 0. The molecule has 0 radical (unpaired) electrons. The van der Waals surface area contributed by atoms with Crippen LogP contribution in [0.1, 0.15) is 42.5 Å². The number of halogens is 3. The molecule has 1 aromatic heterocycles. The normalized spacial score (nSPS) is 11.2. The van der Waals surface area contributed by atoms with Crippen molar-refractivity contribution in [1.82, 2.24) is 10.2 Å². The van der Waals surface area contributed by atoms with Gasteiger partial charge in [0.2, 0.25) is 0 Å². The van der Waals surface area contributed by atoms with Crippen molar-refractivity contribution in [2.75, 3.05) is 0 Å². The van der Waals surface area contributed by atoms with Gasteiger partial charge in [0, 0.05) is 16.5 Å². The summed E-state index contributed by atoms with van der Waals surface area (Å²) >= 11 is 0. The molecule has 0 atom stereocenters. The van der Waals surface area contributed by atoms with Crippen LogP contribution in [-0.4, -0.2) is 16.8 Å². The average molecular weight is 464 g/mol. The molecule has 0 spiro atoms. The number of rotatable bonds is 7. The molecule has 0 saturated heterocycles. The maximum atomic E-state index is 14.9. The summed E-state index contributed by atoms with van der Waals surface area (Å²) in [5, 5.41) is 17.8. The van der Waals surface area contributed by atoms with Gasteiger partial charge in [-0.2, -0.15) is 19.1 Å². The van der Waals surface area contributed by atoms with Crippen LogP contribution in [0.2, 0.25) is 0 Å². The number of ether oxygens (including phenoxy) is 1. The third-order valence-corrected chi connectivity index (χ3v) is 6.00. The van der Waals surface area contributed by atoms with Crippen molar-refractivity contribution < 1.29 is 17.9 Å². The van der Waals surface area contributed by atoms with Crippen LogP contribution in [-0.2, 0) is 12.8 Å². The summed E-state index contributed by atoms with van der Waals surface area (Å²) in [6.07, 6.45) is 2.91. The summed E-state index contributed by atoms with van der Waals surface area (Å²) in [6, 6.07) is 13.1. The van der Waals surface area contributed by atoms with E-state index in [4.69, 9.17) is 0 Å². The fraction of sp³-hybridized carbons (Fsp3) is 0.259. The summed E-state index contributed by atoms with van der Waals surface area (Å²) in [6.45, 7) is 3.21. The predicted octanol–water partition coefficient (Wildman–Crippen LogP) is 7.33. The monoisotopic (exact) mass is 463 g/mol. The first-order valence-electron chi connectivity index (χ1n) is 11.2. The summed E-state index contributed by atoms with van der Waals surface area (Å²) in [7, 11) is 0. The fourth-order valence-corrected chi connectivity index (χ4v) is 4.49. The summed E-state index contributed by atoms with van der Waals surface area (Å²) < 4.78 is 45.4. The standard InChI is InChI=1S/C27H24F3N3O/c1-4-7-19-15(3)10-17(11-16(19)5-2)26-21-13-20(18(14-31)12-23(21)32-33-26)25-22(28)8-6-9-24(25)34-27(29)30/h6,8-13,27H,4-5,7H2,1-3H3,(H,32,33). The molecule has 0 bridgehead atoms. The van der Waals surface area contributed by atoms with Crippen molar-refractivity contribution in [2.45, 2.75) is 46.6 Å². The number of fused-ring (bicyclic) bond motifs is 1. The number of aromatic amines is 1. The van der Waals surface area contributed by atoms with Gasteiger partial charge in [0.05, 0.1) is 28.4 Å². The SMILES string of the molecule is CCCc1c(C)cc(-c2n[nH]c3cc(C#N)c(-c4c(F)cccc4OC(F)F)cc23)cc1CC. The van der Waals surface area contributed by atoms with Crippen molar-refractivity contribution >= 4 is 10.9 Å². The topological polar surface area (TPSA) is 61.7 Å². The number of alkyl halides is 2. The van der Waals surface area contributed by atoms with E-state index in [0.29, 0.717) is 16.6 Å². The van der Waals surface area contributed by atoms with Crippen molar-refractivity contribution in [3.05, 3.63) is 70.5 Å². The van der Waals surface area contributed by atoms with Gasteiger partial charge in [-0.05, 0) is 72.9 Å². The van der Waals surface area contributed by atoms with E-state index < -0.39 is 12.4 Å². The quantitative estimate of drug-likeness (QED) is 0.312. The van der Waals surface area contributed by atoms with Crippen LogP contribution in [0.5, 0.6) is 5.75 Å². The fourth-order valence-electron chi connectivity index (χ4n) is 4.49. The first kappa shape index (κ1) is 23.4. The van der Waals surface area contributed by atoms with Gasteiger partial charge in [-0.1, -0.05) is 26.3 Å². The van der Waals surface area contributed by atoms with Crippen molar-refractivity contribution in [3.63, 3.8) is 0 Å². The highest BCUT2D eigenvalue weighted by molar-refractivity contribution is 5.98. The molecule has 0 aliphatic heterocycles. The molecular weight excluding hydrogens is 439 g/mol. The van der Waals surface area contributed by atoms with Crippen molar-refractivity contribution in [3.8, 4) is 34.2 Å². The number of benzene rings is 3. The molecule has 0 aliphatic carbocycles. The average Bonchev–Trinajstić information content (AvgIpc) is 3.22. The predicted molar refractivity (Wildman–Crippen MR) is 126 cm³/mol. The highest BCUT2D eigenvalue weighted by Crippen LogP contribution is 2.39. The van der Waals surface area contributed by atoms with E-state index in [9.17, 15) is 18.4 Å². The highest BCUT2D eigenvalue weighted by atomic mass is 19.3. The largest absolute Gasteiger partial charge is 0.434 e. The van der Waals surface area contributed by atoms with Gasteiger partial charge in [0.15, 0.2) is 0 Å². The number of aromatic nitrogens is 2. The zero-order valence-electron chi connectivity index (χ0n) is 19.2. The van der Waals surface area contributed by atoms with Crippen LogP contribution >= 0.6 is 0 Å². The number of nitrogens with one attached hydrogen (secondary N) is 1. The Morgan fingerprint density at radius 1 is 1.15 bits per heavy atom. The van der Waals surface area contributed by atoms with Gasteiger partial charge in [-0.25, -0.2) is 4.39 Å². The second kappa shape index (κ2) is 9.60. The van der Waals surface area contributed by atoms with Crippen LogP contribution in [0.25, 0.3) is 33.3 Å². The molecule has 0 fully saturated rings. The molecule has 0 unspecified atom stereocenters. The zero-order chi connectivity index (χ0) is 24.4. The lowest BCUT2D eigenvalue weighted by Gasteiger charge is -2.14. The Morgan fingerprint density at radius 3 is 2.62 bits per heavy atom. The van der Waals surface area contributed by atoms with E-state index in [2.05, 4.69) is 47.8 Å². The number of hydrogen-bond donors (Lipinski definition) is 1. The molecule has 0 amide bonds. The van der Waals surface area contributed by atoms with Gasteiger partial charge in [0.1, 0.15) is 11.6 Å². The molecule has 34 heavy (non-hydrogen) atoms. The highest BCUT2D eigenvalue weighted by Gasteiger charge is 2.21. The zero-order valence-corrected chi connectivity index (χ0v) is 19.2. The van der Waals surface area contributed by atoms with E-state index >= 15 is 0 Å². The lowest BCUT2D eigenvalue weighted by molar-refractivity contribution is -0.0495. The number of aryl methyl sites for hydroxylation is 2. The molecule has 0 aliphatic rings. The minimum atomic E-state index is -3.13. The number of hydrogen-bond acceptors (Lipinski definition) is 3. The van der Waals surface area contributed by atoms with Crippen LogP contribution in [0.3, 0.4) is 0 Å². The number of nitriles is 1. The first-order valence-corrected chi connectivity index (χ1v) is 11.2. The third-order valence-electron chi connectivity index (χ3n) is 6.00. The lowest BCUT2D eigenvalue weighted by Crippen LogP contribution is -2.04. The van der Waals surface area contributed by atoms with E-state index in [1.165, 1.54) is 28.8 Å². The maximum absolute atomic E-state index is 14.9. The van der Waals surface area contributed by atoms with Crippen LogP contribution in [0.15, 0.2) is 42.5 Å². The molecule has 7 heteroatoms. The maximum Gasteiger partial charge on any atom is 0.387 e. The van der Waals surface area contributed by atoms with E-state index in [1.54, 1.807) is 12.1 Å². The van der Waals surface area contributed by atoms with Crippen molar-refractivity contribution in [1.29, 1.82) is 5.26 Å². The Bertz CT molecular complexity index is 1400. The molecule has 174 valence electrons. The summed E-state index contributed by atoms with van der Waals surface area (Å²) in [5.74, 6) is -1.09. The van der Waals surface area contributed by atoms with Gasteiger partial charge < -0.3 is 4.74 Å². The second-order valence-electron chi connectivity index (χ2n) is 8.15.